The molecular formula is C24H37F3N4O2. The Balaban J connectivity index is 1.41. The molecule has 1 aromatic rings. The van der Waals surface area contributed by atoms with Gasteiger partial charge in [0.15, 0.2) is 0 Å². The Kier molecular flexibility index (Phi) is 9.82. The van der Waals surface area contributed by atoms with Crippen LogP contribution in [0, 0.1) is 0 Å². The fraction of sp³-hybridized carbons (Fsp3) is 0.708. The van der Waals surface area contributed by atoms with E-state index in [1.165, 1.54) is 32.1 Å². The highest BCUT2D eigenvalue weighted by atomic mass is 19.4. The number of alkyl halides is 3. The van der Waals surface area contributed by atoms with Crippen molar-refractivity contribution in [2.24, 2.45) is 0 Å². The Hall–Kier alpha value is -1.84. The lowest BCUT2D eigenvalue weighted by molar-refractivity contribution is -0.174. The van der Waals surface area contributed by atoms with E-state index in [2.05, 4.69) is 33.0 Å². The molecule has 1 heterocycles. The van der Waals surface area contributed by atoms with E-state index in [1.807, 2.05) is 18.2 Å². The first-order valence-corrected chi connectivity index (χ1v) is 12.0. The van der Waals surface area contributed by atoms with Gasteiger partial charge in [-0.2, -0.15) is 13.2 Å². The van der Waals surface area contributed by atoms with E-state index in [9.17, 15) is 18.0 Å². The van der Waals surface area contributed by atoms with Gasteiger partial charge in [0.1, 0.15) is 6.61 Å². The zero-order chi connectivity index (χ0) is 23.7. The minimum absolute atomic E-state index is 0.0896. The largest absolute Gasteiger partial charge is 0.411 e. The van der Waals surface area contributed by atoms with Gasteiger partial charge < -0.3 is 15.0 Å². The maximum atomic E-state index is 12.9. The van der Waals surface area contributed by atoms with Crippen molar-refractivity contribution in [2.45, 2.75) is 57.3 Å². The lowest BCUT2D eigenvalue weighted by atomic mass is 9.94. The number of nitrogens with one attached hydrogen (secondary N) is 1. The van der Waals surface area contributed by atoms with E-state index in [0.29, 0.717) is 45.2 Å². The van der Waals surface area contributed by atoms with Gasteiger partial charge in [-0.25, -0.2) is 4.79 Å². The average molecular weight is 471 g/mol. The fourth-order valence-electron chi connectivity index (χ4n) is 4.65. The number of urea groups is 1. The van der Waals surface area contributed by atoms with Gasteiger partial charge in [0.25, 0.3) is 0 Å². The summed E-state index contributed by atoms with van der Waals surface area (Å²) in [7, 11) is 2.17. The highest BCUT2D eigenvalue weighted by Crippen LogP contribution is 2.25. The Morgan fingerprint density at radius 3 is 2.52 bits per heavy atom. The summed E-state index contributed by atoms with van der Waals surface area (Å²) >= 11 is 0. The summed E-state index contributed by atoms with van der Waals surface area (Å²) in [6, 6.07) is 8.49. The van der Waals surface area contributed by atoms with E-state index in [-0.39, 0.29) is 12.6 Å². The summed E-state index contributed by atoms with van der Waals surface area (Å²) in [6.45, 7) is 2.98. The van der Waals surface area contributed by atoms with Crippen LogP contribution in [0.1, 0.15) is 44.1 Å². The predicted molar refractivity (Wildman–Crippen MR) is 123 cm³/mol. The van der Waals surface area contributed by atoms with Crippen LogP contribution in [0.5, 0.6) is 0 Å². The summed E-state index contributed by atoms with van der Waals surface area (Å²) in [5.41, 5.74) is 1.98. The molecule has 1 aliphatic carbocycles. The minimum Gasteiger partial charge on any atom is -0.372 e. The summed E-state index contributed by atoms with van der Waals surface area (Å²) in [5, 5.41) is 3.09. The number of carbonyl (C=O) groups excluding carboxylic acids is 1. The molecule has 1 saturated carbocycles. The van der Waals surface area contributed by atoms with Gasteiger partial charge in [0.2, 0.25) is 0 Å². The van der Waals surface area contributed by atoms with Gasteiger partial charge in [0, 0.05) is 57.6 Å². The van der Waals surface area contributed by atoms with Gasteiger partial charge in [-0.05, 0) is 37.9 Å². The van der Waals surface area contributed by atoms with Crippen molar-refractivity contribution in [3.63, 3.8) is 0 Å². The first kappa shape index (κ1) is 25.8. The molecule has 6 nitrogen and oxygen atoms in total. The second-order valence-electron chi connectivity index (χ2n) is 9.14. The van der Waals surface area contributed by atoms with Crippen LogP contribution in [0.3, 0.4) is 0 Å². The molecule has 2 fully saturated rings. The molecule has 2 amide bonds. The normalized spacial score (nSPS) is 18.6. The van der Waals surface area contributed by atoms with Gasteiger partial charge >= 0.3 is 12.2 Å². The van der Waals surface area contributed by atoms with Crippen LogP contribution in [0.2, 0.25) is 0 Å². The maximum Gasteiger partial charge on any atom is 0.411 e. The summed E-state index contributed by atoms with van der Waals surface area (Å²) in [6.07, 6.45) is 2.66. The third kappa shape index (κ3) is 8.79. The highest BCUT2D eigenvalue weighted by molar-refractivity contribution is 5.90. The number of halogens is 3. The van der Waals surface area contributed by atoms with E-state index in [4.69, 9.17) is 0 Å². The number of piperazine rings is 1. The number of amides is 2. The number of ether oxygens (including phenoxy) is 1. The molecule has 1 N–H and O–H groups in total. The number of hydrogen-bond acceptors (Lipinski definition) is 4. The molecule has 0 aromatic heterocycles. The summed E-state index contributed by atoms with van der Waals surface area (Å²) in [5.74, 6) is 0. The van der Waals surface area contributed by atoms with Gasteiger partial charge in [-0.3, -0.25) is 9.80 Å². The molecule has 0 radical (unpaired) electrons. The van der Waals surface area contributed by atoms with Crippen LogP contribution in [0.25, 0.3) is 0 Å². The van der Waals surface area contributed by atoms with E-state index in [1.54, 1.807) is 4.90 Å². The first-order valence-electron chi connectivity index (χ1n) is 12.0. The number of hydrogen-bond donors (Lipinski definition) is 1. The van der Waals surface area contributed by atoms with E-state index in [0.717, 1.165) is 17.8 Å². The van der Waals surface area contributed by atoms with Gasteiger partial charge in [0.05, 0.1) is 0 Å². The number of anilines is 1. The monoisotopic (exact) mass is 470 g/mol. The smallest absolute Gasteiger partial charge is 0.372 e. The Labute approximate surface area is 195 Å². The second-order valence-corrected chi connectivity index (χ2v) is 9.14. The van der Waals surface area contributed by atoms with Crippen molar-refractivity contribution in [3.05, 3.63) is 29.8 Å². The third-order valence-electron chi connectivity index (χ3n) is 6.56. The standard InChI is InChI=1S/C24H37F3N4O2/c1-29(21-9-3-2-4-10-21)18-20-8-5-6-11-22(20)28-23(32)31-15-13-30(14-16-31)12-7-17-33-19-24(25,26)27/h5-6,8,11,21H,2-4,7,9-10,12-19H2,1H3,(H,28,32). The SMILES string of the molecule is CN(Cc1ccccc1NC(=O)N1CCN(CCCOCC(F)(F)F)CC1)C1CCCCC1. The van der Waals surface area contributed by atoms with Crippen LogP contribution in [0.15, 0.2) is 24.3 Å². The lowest BCUT2D eigenvalue weighted by Gasteiger charge is -2.35. The van der Waals surface area contributed by atoms with Gasteiger partial charge in [-0.15, -0.1) is 0 Å². The molecular weight excluding hydrogens is 433 g/mol. The molecule has 1 aliphatic heterocycles. The van der Waals surface area contributed by atoms with Gasteiger partial charge in [-0.1, -0.05) is 37.5 Å². The Morgan fingerprint density at radius 2 is 1.82 bits per heavy atom. The van der Waals surface area contributed by atoms with E-state index >= 15 is 0 Å². The number of nitrogens with zero attached hydrogens (tertiary/aromatic N) is 3. The number of benzene rings is 1. The lowest BCUT2D eigenvalue weighted by Crippen LogP contribution is -2.50. The zero-order valence-electron chi connectivity index (χ0n) is 19.6. The average Bonchev–Trinajstić information content (AvgIpc) is 2.80. The summed E-state index contributed by atoms with van der Waals surface area (Å²) < 4.78 is 41.0. The topological polar surface area (TPSA) is 48.1 Å². The molecule has 0 atom stereocenters. The molecule has 33 heavy (non-hydrogen) atoms. The molecule has 3 rings (SSSR count). The van der Waals surface area contributed by atoms with Crippen LogP contribution in [-0.4, -0.2) is 85.9 Å². The number of carbonyl (C=O) groups is 1. The highest BCUT2D eigenvalue weighted by Gasteiger charge is 2.27. The quantitative estimate of drug-likeness (QED) is 0.537. The molecule has 9 heteroatoms. The Morgan fingerprint density at radius 1 is 1.12 bits per heavy atom. The third-order valence-corrected chi connectivity index (χ3v) is 6.56. The van der Waals surface area contributed by atoms with Crippen molar-refractivity contribution in [1.29, 1.82) is 0 Å². The van der Waals surface area contributed by atoms with Crippen molar-refractivity contribution in [2.75, 3.05) is 58.3 Å². The molecule has 2 aliphatic rings. The van der Waals surface area contributed by atoms with Crippen LogP contribution < -0.4 is 5.32 Å². The van der Waals surface area contributed by atoms with Crippen LogP contribution in [-0.2, 0) is 11.3 Å². The van der Waals surface area contributed by atoms with E-state index < -0.39 is 12.8 Å². The number of para-hydroxylation sites is 1. The maximum absolute atomic E-state index is 12.9. The molecule has 0 spiro atoms. The molecule has 186 valence electrons. The minimum atomic E-state index is -4.27. The van der Waals surface area contributed by atoms with Crippen molar-refractivity contribution >= 4 is 11.7 Å². The second kappa shape index (κ2) is 12.6. The fourth-order valence-corrected chi connectivity index (χ4v) is 4.65. The van der Waals surface area contributed by atoms with Crippen molar-refractivity contribution in [3.8, 4) is 0 Å². The van der Waals surface area contributed by atoms with Crippen molar-refractivity contribution in [1.82, 2.24) is 14.7 Å². The predicted octanol–water partition coefficient (Wildman–Crippen LogP) is 4.57. The molecule has 0 unspecified atom stereocenters. The molecule has 0 bridgehead atoms. The Bertz CT molecular complexity index is 733. The van der Waals surface area contributed by atoms with Crippen molar-refractivity contribution < 1.29 is 22.7 Å². The molecule has 1 aromatic carbocycles. The van der Waals surface area contributed by atoms with Crippen LogP contribution >= 0.6 is 0 Å². The summed E-state index contributed by atoms with van der Waals surface area (Å²) in [4.78, 5) is 19.2. The first-order chi connectivity index (χ1) is 15.8. The number of rotatable bonds is 9. The van der Waals surface area contributed by atoms with Crippen LogP contribution in [0.4, 0.5) is 23.7 Å². The molecule has 1 saturated heterocycles. The zero-order valence-corrected chi connectivity index (χ0v) is 19.6.